The number of rotatable bonds is 7. The predicted molar refractivity (Wildman–Crippen MR) is 120 cm³/mol. The molecule has 0 saturated heterocycles. The van der Waals surface area contributed by atoms with E-state index in [9.17, 15) is 9.90 Å². The zero-order valence-corrected chi connectivity index (χ0v) is 18.2. The van der Waals surface area contributed by atoms with Crippen LogP contribution in [-0.4, -0.2) is 50.3 Å². The number of H-pyrrole nitrogens is 1. The number of nitrogens with zero attached hydrogens (tertiary/aromatic N) is 3. The van der Waals surface area contributed by atoms with Crippen LogP contribution in [-0.2, 0) is 0 Å². The molecule has 1 amide bonds. The van der Waals surface area contributed by atoms with E-state index in [4.69, 9.17) is 10.1 Å². The number of aromatic amines is 1. The molecule has 0 fully saturated rings. The zero-order chi connectivity index (χ0) is 22.3. The molecule has 3 aromatic rings. The second kappa shape index (κ2) is 10.6. The summed E-state index contributed by atoms with van der Waals surface area (Å²) in [5.41, 5.74) is 3.41. The van der Waals surface area contributed by atoms with E-state index in [0.29, 0.717) is 24.1 Å². The van der Waals surface area contributed by atoms with Gasteiger partial charge in [-0.05, 0) is 44.9 Å². The first-order valence-electron chi connectivity index (χ1n) is 10.1. The van der Waals surface area contributed by atoms with E-state index in [2.05, 4.69) is 29.2 Å². The number of benzene rings is 1. The van der Waals surface area contributed by atoms with Crippen molar-refractivity contribution < 1.29 is 15.0 Å². The average molecular weight is 414 g/mol. The van der Waals surface area contributed by atoms with E-state index >= 15 is 0 Å². The third-order valence-electron chi connectivity index (χ3n) is 4.58. The average Bonchev–Trinajstić information content (AvgIpc) is 3.35. The molecule has 4 N–H and O–H groups in total. The summed E-state index contributed by atoms with van der Waals surface area (Å²) >= 11 is 0. The Bertz CT molecular complexity index is 1020. The SMILES string of the molecule is CCCNC(=O)c1ccc2[nH]c(O)c(C(CC)=Nc3cnn(C(C)C)c3)c2c1.CO. The molecule has 0 aliphatic rings. The number of carbonyl (C=O) groups excluding carboxylic acids is 1. The van der Waals surface area contributed by atoms with Crippen LogP contribution in [0.2, 0.25) is 0 Å². The van der Waals surface area contributed by atoms with Gasteiger partial charge in [0.25, 0.3) is 5.91 Å². The molecule has 8 nitrogen and oxygen atoms in total. The highest BCUT2D eigenvalue weighted by atomic mass is 16.3. The fraction of sp³-hybridized carbons (Fsp3) is 0.409. The molecule has 0 bridgehead atoms. The lowest BCUT2D eigenvalue weighted by Gasteiger charge is -2.06. The predicted octanol–water partition coefficient (Wildman–Crippen LogP) is 3.93. The monoisotopic (exact) mass is 413 g/mol. The van der Waals surface area contributed by atoms with Gasteiger partial charge in [-0.1, -0.05) is 13.8 Å². The maximum Gasteiger partial charge on any atom is 0.251 e. The summed E-state index contributed by atoms with van der Waals surface area (Å²) < 4.78 is 1.84. The molecular formula is C22H31N5O3. The molecule has 0 unspecified atom stereocenters. The van der Waals surface area contributed by atoms with Gasteiger partial charge >= 0.3 is 0 Å². The topological polar surface area (TPSA) is 116 Å². The summed E-state index contributed by atoms with van der Waals surface area (Å²) in [4.78, 5) is 20.0. The van der Waals surface area contributed by atoms with Crippen LogP contribution < -0.4 is 5.32 Å². The minimum absolute atomic E-state index is 0.0537. The van der Waals surface area contributed by atoms with E-state index in [1.807, 2.05) is 30.8 Å². The third-order valence-corrected chi connectivity index (χ3v) is 4.58. The van der Waals surface area contributed by atoms with E-state index in [1.165, 1.54) is 0 Å². The van der Waals surface area contributed by atoms with Crippen LogP contribution >= 0.6 is 0 Å². The molecule has 0 atom stereocenters. The van der Waals surface area contributed by atoms with Crippen LogP contribution in [0.1, 0.15) is 62.5 Å². The molecule has 0 spiro atoms. The van der Waals surface area contributed by atoms with Crippen LogP contribution in [0, 0.1) is 0 Å². The molecule has 0 aliphatic carbocycles. The van der Waals surface area contributed by atoms with Crippen LogP contribution in [0.4, 0.5) is 5.69 Å². The van der Waals surface area contributed by atoms with Gasteiger partial charge in [0, 0.05) is 36.2 Å². The van der Waals surface area contributed by atoms with Crippen molar-refractivity contribution in [3.05, 3.63) is 41.7 Å². The molecule has 0 aliphatic heterocycles. The van der Waals surface area contributed by atoms with Gasteiger partial charge < -0.3 is 20.5 Å². The highest BCUT2D eigenvalue weighted by Crippen LogP contribution is 2.31. The van der Waals surface area contributed by atoms with Gasteiger partial charge in [0.05, 0.1) is 23.7 Å². The van der Waals surface area contributed by atoms with Gasteiger partial charge in [0.1, 0.15) is 5.69 Å². The Labute approximate surface area is 176 Å². The normalized spacial score (nSPS) is 11.5. The van der Waals surface area contributed by atoms with Crippen molar-refractivity contribution in [2.75, 3.05) is 13.7 Å². The number of aromatic hydroxyl groups is 1. The largest absolute Gasteiger partial charge is 0.494 e. The van der Waals surface area contributed by atoms with E-state index < -0.39 is 0 Å². The lowest BCUT2D eigenvalue weighted by molar-refractivity contribution is 0.0954. The van der Waals surface area contributed by atoms with Gasteiger partial charge in [-0.2, -0.15) is 5.10 Å². The van der Waals surface area contributed by atoms with Crippen molar-refractivity contribution in [1.29, 1.82) is 0 Å². The molecule has 3 rings (SSSR count). The number of hydrogen-bond acceptors (Lipinski definition) is 5. The minimum Gasteiger partial charge on any atom is -0.494 e. The second-order valence-electron chi connectivity index (χ2n) is 7.05. The molecule has 30 heavy (non-hydrogen) atoms. The number of nitrogens with one attached hydrogen (secondary N) is 2. The van der Waals surface area contributed by atoms with E-state index in [0.717, 1.165) is 35.8 Å². The third kappa shape index (κ3) is 5.07. The Morgan fingerprint density at radius 1 is 1.30 bits per heavy atom. The Morgan fingerprint density at radius 2 is 2.03 bits per heavy atom. The highest BCUT2D eigenvalue weighted by molar-refractivity contribution is 6.14. The summed E-state index contributed by atoms with van der Waals surface area (Å²) in [7, 11) is 1.00. The Kier molecular flexibility index (Phi) is 8.17. The molecule has 0 radical (unpaired) electrons. The van der Waals surface area contributed by atoms with Gasteiger partial charge in [-0.25, -0.2) is 4.99 Å². The maximum absolute atomic E-state index is 12.3. The summed E-state index contributed by atoms with van der Waals surface area (Å²) in [6, 6.07) is 5.61. The summed E-state index contributed by atoms with van der Waals surface area (Å²) in [6.07, 6.45) is 5.10. The number of aliphatic hydroxyl groups excluding tert-OH is 1. The van der Waals surface area contributed by atoms with Crippen LogP contribution in [0.25, 0.3) is 10.9 Å². The van der Waals surface area contributed by atoms with Crippen molar-refractivity contribution in [3.8, 4) is 5.88 Å². The number of fused-ring (bicyclic) bond motifs is 1. The van der Waals surface area contributed by atoms with Crippen molar-refractivity contribution >= 4 is 28.2 Å². The van der Waals surface area contributed by atoms with Crippen LogP contribution in [0.3, 0.4) is 0 Å². The zero-order valence-electron chi connectivity index (χ0n) is 18.2. The second-order valence-corrected chi connectivity index (χ2v) is 7.05. The van der Waals surface area contributed by atoms with Crippen molar-refractivity contribution in [3.63, 3.8) is 0 Å². The first kappa shape index (κ1) is 23.2. The highest BCUT2D eigenvalue weighted by Gasteiger charge is 2.18. The number of aromatic nitrogens is 3. The smallest absolute Gasteiger partial charge is 0.251 e. The summed E-state index contributed by atoms with van der Waals surface area (Å²) in [5, 5.41) is 25.5. The van der Waals surface area contributed by atoms with Crippen LogP contribution in [0.15, 0.2) is 35.6 Å². The van der Waals surface area contributed by atoms with Gasteiger partial charge in [0.2, 0.25) is 0 Å². The summed E-state index contributed by atoms with van der Waals surface area (Å²) in [6.45, 7) is 8.73. The molecule has 2 heterocycles. The number of carbonyl (C=O) groups is 1. The maximum atomic E-state index is 12.3. The quantitative estimate of drug-likeness (QED) is 0.439. The number of aliphatic imine (C=N–C) groups is 1. The van der Waals surface area contributed by atoms with Crippen molar-refractivity contribution in [2.24, 2.45) is 4.99 Å². The fourth-order valence-electron chi connectivity index (χ4n) is 3.09. The first-order valence-corrected chi connectivity index (χ1v) is 10.1. The molecule has 162 valence electrons. The molecule has 1 aromatic carbocycles. The molecule has 0 saturated carbocycles. The van der Waals surface area contributed by atoms with E-state index in [1.54, 1.807) is 18.3 Å². The van der Waals surface area contributed by atoms with Crippen molar-refractivity contribution in [1.82, 2.24) is 20.1 Å². The number of amides is 1. The lowest BCUT2D eigenvalue weighted by Crippen LogP contribution is -2.23. The first-order chi connectivity index (χ1) is 14.4. The summed E-state index contributed by atoms with van der Waals surface area (Å²) in [5.74, 6) is -0.0680. The van der Waals surface area contributed by atoms with Gasteiger partial charge in [-0.3, -0.25) is 9.48 Å². The molecule has 8 heteroatoms. The Morgan fingerprint density at radius 3 is 2.63 bits per heavy atom. The van der Waals surface area contributed by atoms with Gasteiger partial charge in [-0.15, -0.1) is 0 Å². The molecule has 2 aromatic heterocycles. The van der Waals surface area contributed by atoms with E-state index in [-0.39, 0.29) is 17.8 Å². The van der Waals surface area contributed by atoms with Crippen molar-refractivity contribution in [2.45, 2.75) is 46.6 Å². The number of aliphatic hydroxyl groups is 1. The lowest BCUT2D eigenvalue weighted by atomic mass is 10.0. The van der Waals surface area contributed by atoms with Crippen LogP contribution in [0.5, 0.6) is 5.88 Å². The Hall–Kier alpha value is -3.13. The molecular weight excluding hydrogens is 382 g/mol. The Balaban J connectivity index is 0.00000155. The number of hydrogen-bond donors (Lipinski definition) is 4. The fourth-order valence-corrected chi connectivity index (χ4v) is 3.09. The standard InChI is InChI=1S/C21H27N5O2.CH4O/c1-5-9-22-20(27)14-7-8-18-16(10-14)19(21(28)25-18)17(6-2)24-15-11-23-26(12-15)13(3)4;1-2/h7-8,10-13,25,28H,5-6,9H2,1-4H3,(H,22,27);2H,1H3. The minimum atomic E-state index is -0.122. The van der Waals surface area contributed by atoms with Gasteiger partial charge in [0.15, 0.2) is 5.88 Å².